The zero-order chi connectivity index (χ0) is 13.3. The molecule has 7 heteroatoms. The summed E-state index contributed by atoms with van der Waals surface area (Å²) in [6.07, 6.45) is 3.48. The second-order valence-corrected chi connectivity index (χ2v) is 5.21. The molecule has 0 fully saturated rings. The van der Waals surface area contributed by atoms with E-state index in [0.717, 1.165) is 4.47 Å². The van der Waals surface area contributed by atoms with E-state index in [4.69, 9.17) is 0 Å². The lowest BCUT2D eigenvalue weighted by atomic mass is 10.4. The average molecular weight is 312 g/mol. The Morgan fingerprint density at radius 2 is 2.11 bits per heavy atom. The van der Waals surface area contributed by atoms with Crippen LogP contribution in [0.15, 0.2) is 27.7 Å². The molecule has 96 valence electrons. The van der Waals surface area contributed by atoms with Gasteiger partial charge in [0.2, 0.25) is 0 Å². The third kappa shape index (κ3) is 2.61. The first kappa shape index (κ1) is 12.8. The molecular weight excluding hydrogens is 298 g/mol. The van der Waals surface area contributed by atoms with Gasteiger partial charge in [0.15, 0.2) is 5.82 Å². The fourth-order valence-electron chi connectivity index (χ4n) is 1.48. The lowest BCUT2D eigenvalue weighted by Crippen LogP contribution is -2.19. The molecular formula is C11H14BrN5O. The fourth-order valence-corrected chi connectivity index (χ4v) is 2.02. The Labute approximate surface area is 113 Å². The van der Waals surface area contributed by atoms with Crippen LogP contribution < -0.4 is 10.9 Å². The van der Waals surface area contributed by atoms with Crippen molar-refractivity contribution < 1.29 is 0 Å². The van der Waals surface area contributed by atoms with Crippen LogP contribution in [0.3, 0.4) is 0 Å². The summed E-state index contributed by atoms with van der Waals surface area (Å²) in [5.41, 5.74) is 0.347. The van der Waals surface area contributed by atoms with Crippen molar-refractivity contribution in [2.75, 3.05) is 5.32 Å². The predicted molar refractivity (Wildman–Crippen MR) is 73.1 cm³/mol. The smallest absolute Gasteiger partial charge is 0.274 e. The number of hydrogen-bond acceptors (Lipinski definition) is 4. The van der Waals surface area contributed by atoms with E-state index in [9.17, 15) is 4.79 Å². The molecule has 0 saturated heterocycles. The van der Waals surface area contributed by atoms with Crippen molar-refractivity contribution in [2.45, 2.75) is 19.9 Å². The Bertz CT molecular complexity index is 616. The molecule has 0 saturated carbocycles. The van der Waals surface area contributed by atoms with Crippen molar-refractivity contribution in [1.29, 1.82) is 0 Å². The van der Waals surface area contributed by atoms with Gasteiger partial charge < -0.3 is 9.88 Å². The summed E-state index contributed by atoms with van der Waals surface area (Å²) in [6, 6.07) is 1.95. The van der Waals surface area contributed by atoms with Gasteiger partial charge in [-0.05, 0) is 35.8 Å². The molecule has 0 spiro atoms. The van der Waals surface area contributed by atoms with Gasteiger partial charge in [-0.25, -0.2) is 4.68 Å². The molecule has 0 atom stereocenters. The topological polar surface area (TPSA) is 64.7 Å². The van der Waals surface area contributed by atoms with Crippen LogP contribution in [0.25, 0.3) is 0 Å². The van der Waals surface area contributed by atoms with Crippen molar-refractivity contribution in [2.24, 2.45) is 7.05 Å². The van der Waals surface area contributed by atoms with E-state index in [0.29, 0.717) is 11.5 Å². The van der Waals surface area contributed by atoms with Crippen molar-refractivity contribution in [1.82, 2.24) is 19.6 Å². The van der Waals surface area contributed by atoms with Crippen LogP contribution in [0.4, 0.5) is 11.5 Å². The summed E-state index contributed by atoms with van der Waals surface area (Å²) < 4.78 is 4.05. The number of rotatable bonds is 3. The van der Waals surface area contributed by atoms with E-state index >= 15 is 0 Å². The molecule has 0 bridgehead atoms. The minimum atomic E-state index is -0.114. The monoisotopic (exact) mass is 311 g/mol. The maximum atomic E-state index is 11.9. The summed E-state index contributed by atoms with van der Waals surface area (Å²) in [5.74, 6) is 0.555. The number of anilines is 2. The zero-order valence-electron chi connectivity index (χ0n) is 10.4. The Hall–Kier alpha value is -1.63. The largest absolute Gasteiger partial charge is 0.333 e. The molecule has 6 nitrogen and oxygen atoms in total. The summed E-state index contributed by atoms with van der Waals surface area (Å²) >= 11 is 3.35. The third-order valence-corrected chi connectivity index (χ3v) is 2.89. The molecule has 18 heavy (non-hydrogen) atoms. The molecule has 0 unspecified atom stereocenters. The molecule has 2 aromatic heterocycles. The lowest BCUT2D eigenvalue weighted by molar-refractivity contribution is 0.514. The number of hydrogen-bond donors (Lipinski definition) is 1. The van der Waals surface area contributed by atoms with Gasteiger partial charge in [-0.15, -0.1) is 5.10 Å². The van der Waals surface area contributed by atoms with Crippen molar-refractivity contribution in [3.8, 4) is 0 Å². The van der Waals surface area contributed by atoms with Gasteiger partial charge in [-0.3, -0.25) is 4.79 Å². The first-order valence-electron chi connectivity index (χ1n) is 5.52. The lowest BCUT2D eigenvalue weighted by Gasteiger charge is -2.05. The third-order valence-electron chi connectivity index (χ3n) is 2.45. The number of nitrogens with zero attached hydrogens (tertiary/aromatic N) is 4. The maximum absolute atomic E-state index is 11.9. The van der Waals surface area contributed by atoms with E-state index in [2.05, 4.69) is 31.6 Å². The highest BCUT2D eigenvalue weighted by atomic mass is 79.9. The number of pyridine rings is 1. The van der Waals surface area contributed by atoms with Crippen molar-refractivity contribution in [3.63, 3.8) is 0 Å². The molecule has 1 N–H and O–H groups in total. The van der Waals surface area contributed by atoms with Crippen LogP contribution in [0.1, 0.15) is 19.9 Å². The highest BCUT2D eigenvalue weighted by molar-refractivity contribution is 9.10. The zero-order valence-corrected chi connectivity index (χ0v) is 12.0. The van der Waals surface area contributed by atoms with Crippen LogP contribution in [-0.2, 0) is 7.05 Å². The van der Waals surface area contributed by atoms with Gasteiger partial charge in [0.25, 0.3) is 5.56 Å². The van der Waals surface area contributed by atoms with E-state index < -0.39 is 0 Å². The normalized spacial score (nSPS) is 10.9. The minimum absolute atomic E-state index is 0.114. The van der Waals surface area contributed by atoms with Gasteiger partial charge >= 0.3 is 0 Å². The molecule has 0 aliphatic heterocycles. The molecule has 2 rings (SSSR count). The van der Waals surface area contributed by atoms with Gasteiger partial charge in [0.1, 0.15) is 5.69 Å². The number of aryl methyl sites for hydroxylation is 1. The average Bonchev–Trinajstić information content (AvgIpc) is 2.74. The predicted octanol–water partition coefficient (Wildman–Crippen LogP) is 2.06. The Morgan fingerprint density at radius 3 is 2.72 bits per heavy atom. The van der Waals surface area contributed by atoms with E-state index in [1.54, 1.807) is 30.2 Å². The van der Waals surface area contributed by atoms with Gasteiger partial charge in [0, 0.05) is 23.8 Å². The molecule has 2 heterocycles. The second kappa shape index (κ2) is 4.93. The molecule has 2 aromatic rings. The van der Waals surface area contributed by atoms with Crippen molar-refractivity contribution in [3.05, 3.63) is 33.3 Å². The number of nitrogens with one attached hydrogen (secondary N) is 1. The van der Waals surface area contributed by atoms with Crippen LogP contribution in [0.5, 0.6) is 0 Å². The standard InChI is InChI=1S/C11H14BrN5O/c1-7(2)17-6-10(14-15-17)13-9-4-8(12)5-16(3)11(9)18/h4-7,13H,1-3H3. The first-order chi connectivity index (χ1) is 8.47. The minimum Gasteiger partial charge on any atom is -0.333 e. The quantitative estimate of drug-likeness (QED) is 0.942. The van der Waals surface area contributed by atoms with Gasteiger partial charge in [0.05, 0.1) is 6.20 Å². The van der Waals surface area contributed by atoms with E-state index in [1.165, 1.54) is 4.57 Å². The highest BCUT2D eigenvalue weighted by Crippen LogP contribution is 2.15. The van der Waals surface area contributed by atoms with Crippen LogP contribution in [0.2, 0.25) is 0 Å². The molecule has 0 aliphatic rings. The molecule has 0 radical (unpaired) electrons. The highest BCUT2D eigenvalue weighted by Gasteiger charge is 2.07. The maximum Gasteiger partial charge on any atom is 0.274 e. The number of aromatic nitrogens is 4. The fraction of sp³-hybridized carbons (Fsp3) is 0.364. The van der Waals surface area contributed by atoms with Crippen LogP contribution in [0, 0.1) is 0 Å². The Kier molecular flexibility index (Phi) is 3.51. The van der Waals surface area contributed by atoms with Crippen LogP contribution in [-0.4, -0.2) is 19.6 Å². The van der Waals surface area contributed by atoms with E-state index in [1.807, 2.05) is 13.8 Å². The number of halogens is 1. The SMILES string of the molecule is CC(C)n1cc(Nc2cc(Br)cn(C)c2=O)nn1. The second-order valence-electron chi connectivity index (χ2n) is 4.29. The van der Waals surface area contributed by atoms with Crippen molar-refractivity contribution >= 4 is 27.4 Å². The molecule has 0 amide bonds. The van der Waals surface area contributed by atoms with Gasteiger partial charge in [-0.1, -0.05) is 5.21 Å². The summed E-state index contributed by atoms with van der Waals surface area (Å²) in [6.45, 7) is 4.02. The first-order valence-corrected chi connectivity index (χ1v) is 6.31. The van der Waals surface area contributed by atoms with Gasteiger partial charge in [-0.2, -0.15) is 0 Å². The molecule has 0 aliphatic carbocycles. The summed E-state index contributed by atoms with van der Waals surface area (Å²) in [4.78, 5) is 11.9. The van der Waals surface area contributed by atoms with E-state index in [-0.39, 0.29) is 11.6 Å². The summed E-state index contributed by atoms with van der Waals surface area (Å²) in [5, 5.41) is 10.9. The van der Waals surface area contributed by atoms with Crippen LogP contribution >= 0.6 is 15.9 Å². The Morgan fingerprint density at radius 1 is 1.39 bits per heavy atom. The summed E-state index contributed by atoms with van der Waals surface area (Å²) in [7, 11) is 1.70. The Balaban J connectivity index is 2.31. The molecule has 0 aromatic carbocycles.